The molecular formula is C16H21NO2. The molecule has 0 aromatic heterocycles. The van der Waals surface area contributed by atoms with Crippen LogP contribution in [0, 0.1) is 18.8 Å². The Balaban J connectivity index is 2.67. The second-order valence-electron chi connectivity index (χ2n) is 4.46. The van der Waals surface area contributed by atoms with Gasteiger partial charge in [-0.05, 0) is 37.1 Å². The van der Waals surface area contributed by atoms with Crippen molar-refractivity contribution in [1.29, 1.82) is 0 Å². The fourth-order valence-electron chi connectivity index (χ4n) is 1.65. The topological polar surface area (TPSA) is 49.3 Å². The molecule has 1 aromatic carbocycles. The fourth-order valence-corrected chi connectivity index (χ4v) is 1.65. The minimum Gasteiger partial charge on any atom is -0.395 e. The van der Waals surface area contributed by atoms with Gasteiger partial charge in [-0.2, -0.15) is 0 Å². The maximum atomic E-state index is 11.7. The van der Waals surface area contributed by atoms with Crippen molar-refractivity contribution < 1.29 is 9.90 Å². The Labute approximate surface area is 115 Å². The lowest BCUT2D eigenvalue weighted by molar-refractivity contribution is -0.116. The molecule has 0 aliphatic rings. The molecule has 0 spiro atoms. The number of anilines is 1. The highest BCUT2D eigenvalue weighted by Crippen LogP contribution is 2.16. The molecule has 1 amide bonds. The third kappa shape index (κ3) is 5.58. The number of rotatable bonds is 5. The van der Waals surface area contributed by atoms with E-state index in [2.05, 4.69) is 24.1 Å². The van der Waals surface area contributed by atoms with Crippen LogP contribution in [0.4, 0.5) is 5.69 Å². The molecular weight excluding hydrogens is 238 g/mol. The molecule has 0 bridgehead atoms. The van der Waals surface area contributed by atoms with Crippen molar-refractivity contribution in [2.75, 3.05) is 11.9 Å². The monoisotopic (exact) mass is 259 g/mol. The first-order chi connectivity index (χ1) is 9.17. The zero-order valence-corrected chi connectivity index (χ0v) is 11.6. The molecule has 1 aromatic rings. The van der Waals surface area contributed by atoms with Gasteiger partial charge in [0.25, 0.3) is 0 Å². The second kappa shape index (κ2) is 8.34. The van der Waals surface area contributed by atoms with Gasteiger partial charge in [0.15, 0.2) is 0 Å². The average molecular weight is 259 g/mol. The Kier molecular flexibility index (Phi) is 6.70. The van der Waals surface area contributed by atoms with Crippen LogP contribution in [0.1, 0.15) is 43.7 Å². The Hall–Kier alpha value is -1.79. The summed E-state index contributed by atoms with van der Waals surface area (Å²) in [6.07, 6.45) is 2.98. The summed E-state index contributed by atoms with van der Waals surface area (Å²) in [4.78, 5) is 11.7. The lowest BCUT2D eigenvalue weighted by Crippen LogP contribution is -2.11. The van der Waals surface area contributed by atoms with Crippen LogP contribution >= 0.6 is 0 Å². The lowest BCUT2D eigenvalue weighted by atomic mass is 10.1. The van der Waals surface area contributed by atoms with E-state index < -0.39 is 0 Å². The largest absolute Gasteiger partial charge is 0.395 e. The summed E-state index contributed by atoms with van der Waals surface area (Å²) in [6.45, 7) is 4.10. The van der Waals surface area contributed by atoms with Gasteiger partial charge in [-0.15, -0.1) is 0 Å². The summed E-state index contributed by atoms with van der Waals surface area (Å²) >= 11 is 0. The highest BCUT2D eigenvalue weighted by molar-refractivity contribution is 5.91. The molecule has 0 saturated carbocycles. The number of unbranched alkanes of at least 4 members (excludes halogenated alkanes) is 1. The average Bonchev–Trinajstić information content (AvgIpc) is 2.40. The summed E-state index contributed by atoms with van der Waals surface area (Å²) < 4.78 is 0. The molecule has 1 rings (SSSR count). The van der Waals surface area contributed by atoms with E-state index in [4.69, 9.17) is 5.11 Å². The van der Waals surface area contributed by atoms with Crippen molar-refractivity contribution in [1.82, 2.24) is 0 Å². The molecule has 19 heavy (non-hydrogen) atoms. The molecule has 0 aliphatic heterocycles. The van der Waals surface area contributed by atoms with Gasteiger partial charge in [0, 0.05) is 24.1 Å². The van der Waals surface area contributed by atoms with Crippen molar-refractivity contribution in [3.8, 4) is 11.8 Å². The molecule has 0 radical (unpaired) electrons. The van der Waals surface area contributed by atoms with Gasteiger partial charge in [0.1, 0.15) is 0 Å². The molecule has 2 N–H and O–H groups in total. The minimum absolute atomic E-state index is 0.0593. The lowest BCUT2D eigenvalue weighted by Gasteiger charge is -2.08. The van der Waals surface area contributed by atoms with Crippen LogP contribution < -0.4 is 5.32 Å². The summed E-state index contributed by atoms with van der Waals surface area (Å²) in [5.74, 6) is 5.92. The fraction of sp³-hybridized carbons (Fsp3) is 0.438. The smallest absolute Gasteiger partial charge is 0.224 e. The van der Waals surface area contributed by atoms with Gasteiger partial charge in [-0.1, -0.05) is 25.2 Å². The van der Waals surface area contributed by atoms with E-state index in [9.17, 15) is 4.79 Å². The molecule has 3 nitrogen and oxygen atoms in total. The Bertz CT molecular complexity index is 483. The number of benzene rings is 1. The van der Waals surface area contributed by atoms with Crippen molar-refractivity contribution in [2.24, 2.45) is 0 Å². The molecule has 0 heterocycles. The molecule has 3 heteroatoms. The third-order valence-corrected chi connectivity index (χ3v) is 2.73. The Morgan fingerprint density at radius 1 is 1.42 bits per heavy atom. The molecule has 0 saturated heterocycles. The van der Waals surface area contributed by atoms with Crippen LogP contribution in [0.2, 0.25) is 0 Å². The number of aliphatic hydroxyl groups excluding tert-OH is 1. The van der Waals surface area contributed by atoms with Crippen molar-refractivity contribution in [3.63, 3.8) is 0 Å². The number of aliphatic hydroxyl groups is 1. The summed E-state index contributed by atoms with van der Waals surface area (Å²) in [7, 11) is 0. The van der Waals surface area contributed by atoms with E-state index in [1.807, 2.05) is 25.1 Å². The van der Waals surface area contributed by atoms with Crippen LogP contribution in [-0.2, 0) is 4.79 Å². The van der Waals surface area contributed by atoms with Crippen LogP contribution in [0.15, 0.2) is 18.2 Å². The first-order valence-electron chi connectivity index (χ1n) is 6.67. The van der Waals surface area contributed by atoms with E-state index in [1.54, 1.807) is 0 Å². The number of amides is 1. The number of hydrogen-bond donors (Lipinski definition) is 2. The number of aryl methyl sites for hydroxylation is 1. The van der Waals surface area contributed by atoms with E-state index in [0.717, 1.165) is 29.7 Å². The first-order valence-corrected chi connectivity index (χ1v) is 6.67. The number of hydrogen-bond acceptors (Lipinski definition) is 2. The molecule has 0 unspecified atom stereocenters. The number of nitrogens with one attached hydrogen (secondary N) is 1. The van der Waals surface area contributed by atoms with Gasteiger partial charge >= 0.3 is 0 Å². The predicted molar refractivity (Wildman–Crippen MR) is 77.9 cm³/mol. The van der Waals surface area contributed by atoms with Gasteiger partial charge in [0.2, 0.25) is 5.91 Å². The van der Waals surface area contributed by atoms with Crippen LogP contribution in [0.25, 0.3) is 0 Å². The summed E-state index contributed by atoms with van der Waals surface area (Å²) in [5, 5.41) is 11.6. The quantitative estimate of drug-likeness (QED) is 0.799. The second-order valence-corrected chi connectivity index (χ2v) is 4.46. The minimum atomic E-state index is 0.0593. The highest BCUT2D eigenvalue weighted by Gasteiger charge is 2.04. The number of carbonyl (C=O) groups is 1. The van der Waals surface area contributed by atoms with Crippen molar-refractivity contribution >= 4 is 11.6 Å². The maximum absolute atomic E-state index is 11.7. The predicted octanol–water partition coefficient (Wildman–Crippen LogP) is 2.86. The van der Waals surface area contributed by atoms with Crippen LogP contribution in [-0.4, -0.2) is 17.6 Å². The van der Waals surface area contributed by atoms with Crippen molar-refractivity contribution in [3.05, 3.63) is 29.3 Å². The Morgan fingerprint density at radius 2 is 2.21 bits per heavy atom. The van der Waals surface area contributed by atoms with Gasteiger partial charge in [-0.25, -0.2) is 0 Å². The zero-order valence-electron chi connectivity index (χ0n) is 11.6. The maximum Gasteiger partial charge on any atom is 0.224 e. The molecule has 0 aliphatic carbocycles. The summed E-state index contributed by atoms with van der Waals surface area (Å²) in [5.41, 5.74) is 2.74. The number of carbonyl (C=O) groups excluding carboxylic acids is 1. The van der Waals surface area contributed by atoms with E-state index in [-0.39, 0.29) is 12.5 Å². The molecule has 0 atom stereocenters. The zero-order chi connectivity index (χ0) is 14.1. The normalized spacial score (nSPS) is 9.63. The Morgan fingerprint density at radius 3 is 2.84 bits per heavy atom. The standard InChI is InChI=1S/C16H21NO2/c1-3-4-8-16(19)17-15-10-9-14(12-13(15)2)7-5-6-11-18/h9-10,12,18H,3-4,6,8,11H2,1-2H3,(H,17,19). The van der Waals surface area contributed by atoms with E-state index >= 15 is 0 Å². The van der Waals surface area contributed by atoms with E-state index in [1.165, 1.54) is 0 Å². The first kappa shape index (κ1) is 15.3. The van der Waals surface area contributed by atoms with Gasteiger partial charge in [-0.3, -0.25) is 4.79 Å². The van der Waals surface area contributed by atoms with Gasteiger partial charge in [0.05, 0.1) is 6.61 Å². The third-order valence-electron chi connectivity index (χ3n) is 2.73. The van der Waals surface area contributed by atoms with Crippen LogP contribution in [0.3, 0.4) is 0 Å². The molecule has 0 fully saturated rings. The van der Waals surface area contributed by atoms with Gasteiger partial charge < -0.3 is 10.4 Å². The SMILES string of the molecule is CCCCC(=O)Nc1ccc(C#CCCO)cc1C. The van der Waals surface area contributed by atoms with Crippen molar-refractivity contribution in [2.45, 2.75) is 39.5 Å². The van der Waals surface area contributed by atoms with Crippen LogP contribution in [0.5, 0.6) is 0 Å². The summed E-state index contributed by atoms with van der Waals surface area (Å²) in [6, 6.07) is 5.70. The molecule has 102 valence electrons. The highest BCUT2D eigenvalue weighted by atomic mass is 16.2. The van der Waals surface area contributed by atoms with E-state index in [0.29, 0.717) is 12.8 Å².